The number of halogens is 2. The quantitative estimate of drug-likeness (QED) is 0.523. The van der Waals surface area contributed by atoms with Crippen molar-refractivity contribution in [1.82, 2.24) is 14.5 Å². The van der Waals surface area contributed by atoms with E-state index in [1.807, 2.05) is 35.4 Å². The standard InChI is InChI=1S/C25H27ClFN3O3/c1-25(2,13-23(32)33)9-7-22(31)29-11-8-18-19-4-3-10-28-24(19)30(21(18)15-29)14-16-5-6-17(26)12-20(16)27/h3-6,10,12H,7-9,11,13-15H2,1-2H3,(H,32,33). The maximum absolute atomic E-state index is 14.6. The molecule has 0 fully saturated rings. The molecule has 0 aliphatic carbocycles. The van der Waals surface area contributed by atoms with Crippen molar-refractivity contribution in [3.8, 4) is 0 Å². The van der Waals surface area contributed by atoms with Crippen molar-refractivity contribution in [3.05, 3.63) is 64.2 Å². The summed E-state index contributed by atoms with van der Waals surface area (Å²) < 4.78 is 16.5. The third-order valence-electron chi connectivity index (χ3n) is 6.36. The lowest BCUT2D eigenvalue weighted by molar-refractivity contribution is -0.140. The molecule has 2 aromatic heterocycles. The van der Waals surface area contributed by atoms with E-state index in [9.17, 15) is 14.0 Å². The van der Waals surface area contributed by atoms with Crippen LogP contribution in [-0.4, -0.2) is 38.0 Å². The molecule has 0 atom stereocenters. The lowest BCUT2D eigenvalue weighted by Gasteiger charge is -2.30. The normalized spacial score (nSPS) is 13.9. The van der Waals surface area contributed by atoms with Crippen LogP contribution in [-0.2, 0) is 29.1 Å². The second-order valence-corrected chi connectivity index (χ2v) is 9.86. The summed E-state index contributed by atoms with van der Waals surface area (Å²) in [5, 5.41) is 10.5. The average Bonchev–Trinajstić information content (AvgIpc) is 3.06. The number of nitrogens with zero attached hydrogens (tertiary/aromatic N) is 3. The Balaban J connectivity index is 1.60. The maximum atomic E-state index is 14.6. The van der Waals surface area contributed by atoms with Crippen molar-refractivity contribution in [1.29, 1.82) is 0 Å². The summed E-state index contributed by atoms with van der Waals surface area (Å²) in [5.41, 5.74) is 2.93. The molecule has 1 aromatic carbocycles. The molecule has 1 amide bonds. The molecule has 33 heavy (non-hydrogen) atoms. The number of rotatable bonds is 7. The van der Waals surface area contributed by atoms with E-state index in [4.69, 9.17) is 16.7 Å². The third-order valence-corrected chi connectivity index (χ3v) is 6.59. The molecule has 6 nitrogen and oxygen atoms in total. The lowest BCUT2D eigenvalue weighted by atomic mass is 9.84. The number of carboxylic acid groups (broad SMARTS) is 1. The molecule has 0 saturated carbocycles. The van der Waals surface area contributed by atoms with E-state index < -0.39 is 11.4 Å². The van der Waals surface area contributed by atoms with E-state index in [-0.39, 0.29) is 18.1 Å². The number of pyridine rings is 1. The largest absolute Gasteiger partial charge is 0.481 e. The van der Waals surface area contributed by atoms with E-state index >= 15 is 0 Å². The van der Waals surface area contributed by atoms with Crippen LogP contribution >= 0.6 is 11.6 Å². The van der Waals surface area contributed by atoms with Crippen LogP contribution in [0, 0.1) is 11.2 Å². The molecule has 1 aliphatic rings. The zero-order valence-electron chi connectivity index (χ0n) is 18.8. The lowest BCUT2D eigenvalue weighted by Crippen LogP contribution is -2.37. The Morgan fingerprint density at radius 2 is 2.06 bits per heavy atom. The van der Waals surface area contributed by atoms with E-state index in [0.29, 0.717) is 49.5 Å². The Bertz CT molecular complexity index is 1220. The zero-order chi connectivity index (χ0) is 23.8. The minimum Gasteiger partial charge on any atom is -0.481 e. The molecule has 0 saturated heterocycles. The van der Waals surface area contributed by atoms with Crippen molar-refractivity contribution >= 4 is 34.5 Å². The highest BCUT2D eigenvalue weighted by Crippen LogP contribution is 2.32. The fourth-order valence-electron chi connectivity index (χ4n) is 4.56. The molecular weight excluding hydrogens is 445 g/mol. The SMILES string of the molecule is CC(C)(CCC(=O)N1CCc2c(n(Cc3ccc(Cl)cc3F)c3ncccc23)C1)CC(=O)O. The van der Waals surface area contributed by atoms with Gasteiger partial charge in [0.05, 0.1) is 19.5 Å². The van der Waals surface area contributed by atoms with Gasteiger partial charge in [-0.2, -0.15) is 0 Å². The Morgan fingerprint density at radius 3 is 2.79 bits per heavy atom. The minimum absolute atomic E-state index is 0.00144. The van der Waals surface area contributed by atoms with Gasteiger partial charge in [0, 0.05) is 40.8 Å². The van der Waals surface area contributed by atoms with Crippen molar-refractivity contribution < 1.29 is 19.1 Å². The molecule has 0 unspecified atom stereocenters. The third kappa shape index (κ3) is 5.03. The number of hydrogen-bond acceptors (Lipinski definition) is 3. The van der Waals surface area contributed by atoms with E-state index in [0.717, 1.165) is 22.3 Å². The Morgan fingerprint density at radius 1 is 1.27 bits per heavy atom. The minimum atomic E-state index is -0.860. The Labute approximate surface area is 197 Å². The maximum Gasteiger partial charge on any atom is 0.303 e. The molecule has 3 heterocycles. The van der Waals surface area contributed by atoms with E-state index in [1.165, 1.54) is 6.07 Å². The second kappa shape index (κ2) is 9.14. The number of hydrogen-bond donors (Lipinski definition) is 1. The number of benzene rings is 1. The topological polar surface area (TPSA) is 75.4 Å². The van der Waals surface area contributed by atoms with Gasteiger partial charge in [0.2, 0.25) is 5.91 Å². The summed E-state index contributed by atoms with van der Waals surface area (Å²) in [6.45, 7) is 5.03. The van der Waals surface area contributed by atoms with Gasteiger partial charge in [0.1, 0.15) is 11.5 Å². The molecule has 3 aromatic rings. The van der Waals surface area contributed by atoms with Gasteiger partial charge in [-0.1, -0.05) is 31.5 Å². The highest BCUT2D eigenvalue weighted by atomic mass is 35.5. The van der Waals surface area contributed by atoms with Crippen molar-refractivity contribution in [3.63, 3.8) is 0 Å². The van der Waals surface area contributed by atoms with Crippen LogP contribution in [0.15, 0.2) is 36.5 Å². The molecular formula is C25H27ClFN3O3. The number of carboxylic acids is 1. The summed E-state index contributed by atoms with van der Waals surface area (Å²) in [7, 11) is 0. The fraction of sp³-hybridized carbons (Fsp3) is 0.400. The van der Waals surface area contributed by atoms with Crippen molar-refractivity contribution in [2.45, 2.75) is 52.6 Å². The predicted molar refractivity (Wildman–Crippen MR) is 125 cm³/mol. The van der Waals surface area contributed by atoms with Gasteiger partial charge in [0.15, 0.2) is 0 Å². The van der Waals surface area contributed by atoms with Gasteiger partial charge < -0.3 is 14.6 Å². The van der Waals surface area contributed by atoms with Gasteiger partial charge in [-0.15, -0.1) is 0 Å². The Kier molecular flexibility index (Phi) is 6.43. The smallest absolute Gasteiger partial charge is 0.303 e. The van der Waals surface area contributed by atoms with Crippen LogP contribution < -0.4 is 0 Å². The van der Waals surface area contributed by atoms with Gasteiger partial charge >= 0.3 is 5.97 Å². The number of carbonyl (C=O) groups is 2. The van der Waals surface area contributed by atoms with Gasteiger partial charge in [-0.05, 0) is 48.1 Å². The first-order valence-corrected chi connectivity index (χ1v) is 11.4. The van der Waals surface area contributed by atoms with E-state index in [2.05, 4.69) is 4.98 Å². The monoisotopic (exact) mass is 471 g/mol. The highest BCUT2D eigenvalue weighted by Gasteiger charge is 2.29. The van der Waals surface area contributed by atoms with Crippen LogP contribution in [0.3, 0.4) is 0 Å². The first-order chi connectivity index (χ1) is 15.6. The van der Waals surface area contributed by atoms with Crippen LogP contribution in [0.4, 0.5) is 4.39 Å². The fourth-order valence-corrected chi connectivity index (χ4v) is 4.72. The number of aliphatic carboxylic acids is 1. The molecule has 174 valence electrons. The van der Waals surface area contributed by atoms with Gasteiger partial charge in [-0.25, -0.2) is 9.37 Å². The number of amides is 1. The first kappa shape index (κ1) is 23.2. The van der Waals surface area contributed by atoms with Crippen LogP contribution in [0.5, 0.6) is 0 Å². The molecule has 0 radical (unpaired) electrons. The molecule has 8 heteroatoms. The summed E-state index contributed by atoms with van der Waals surface area (Å²) in [4.78, 5) is 30.4. The first-order valence-electron chi connectivity index (χ1n) is 11.0. The number of fused-ring (bicyclic) bond motifs is 3. The molecule has 4 rings (SSSR count). The van der Waals surface area contributed by atoms with E-state index in [1.54, 1.807) is 18.3 Å². The summed E-state index contributed by atoms with van der Waals surface area (Å²) in [6, 6.07) is 8.55. The Hall–Kier alpha value is -2.93. The number of aromatic nitrogens is 2. The van der Waals surface area contributed by atoms with Gasteiger partial charge in [-0.3, -0.25) is 9.59 Å². The molecule has 0 spiro atoms. The molecule has 1 aliphatic heterocycles. The molecule has 1 N–H and O–H groups in total. The summed E-state index contributed by atoms with van der Waals surface area (Å²) >= 11 is 5.92. The number of carbonyl (C=O) groups excluding carboxylic acids is 1. The summed E-state index contributed by atoms with van der Waals surface area (Å²) in [5.74, 6) is -1.23. The van der Waals surface area contributed by atoms with Crippen molar-refractivity contribution in [2.75, 3.05) is 6.54 Å². The van der Waals surface area contributed by atoms with Gasteiger partial charge in [0.25, 0.3) is 0 Å². The highest BCUT2D eigenvalue weighted by molar-refractivity contribution is 6.30. The van der Waals surface area contributed by atoms with Crippen LogP contribution in [0.2, 0.25) is 5.02 Å². The average molecular weight is 472 g/mol. The zero-order valence-corrected chi connectivity index (χ0v) is 19.5. The predicted octanol–water partition coefficient (Wildman–Crippen LogP) is 5.04. The second-order valence-electron chi connectivity index (χ2n) is 9.42. The van der Waals surface area contributed by atoms with Crippen molar-refractivity contribution in [2.24, 2.45) is 5.41 Å². The molecule has 0 bridgehead atoms. The summed E-state index contributed by atoms with van der Waals surface area (Å²) in [6.07, 6.45) is 3.23. The van der Waals surface area contributed by atoms with Crippen LogP contribution in [0.25, 0.3) is 11.0 Å². The van der Waals surface area contributed by atoms with Crippen LogP contribution in [0.1, 0.15) is 49.9 Å².